The van der Waals surface area contributed by atoms with Gasteiger partial charge in [0.05, 0.1) is 16.6 Å². The Bertz CT molecular complexity index is 638. The maximum absolute atomic E-state index is 12.3. The zero-order chi connectivity index (χ0) is 19.0. The van der Waals surface area contributed by atoms with Gasteiger partial charge < -0.3 is 15.0 Å². The van der Waals surface area contributed by atoms with Gasteiger partial charge in [0.25, 0.3) is 0 Å². The Morgan fingerprint density at radius 1 is 1.27 bits per heavy atom. The smallest absolute Gasteiger partial charge is 0.194 e. The molecule has 1 saturated heterocycles. The van der Waals surface area contributed by atoms with Gasteiger partial charge >= 0.3 is 0 Å². The molecule has 0 bridgehead atoms. The molecule has 0 aromatic carbocycles. The van der Waals surface area contributed by atoms with Crippen molar-refractivity contribution in [3.05, 3.63) is 0 Å². The Hall–Kier alpha value is -0.820. The van der Waals surface area contributed by atoms with Gasteiger partial charge in [-0.3, -0.25) is 4.99 Å². The number of guanidine groups is 1. The fourth-order valence-electron chi connectivity index (χ4n) is 4.96. The van der Waals surface area contributed by atoms with Crippen LogP contribution in [0.25, 0.3) is 0 Å². The van der Waals surface area contributed by atoms with E-state index in [-0.39, 0.29) is 11.2 Å². The van der Waals surface area contributed by atoms with E-state index in [0.29, 0.717) is 31.8 Å². The first-order valence-electron chi connectivity index (χ1n) is 10.2. The van der Waals surface area contributed by atoms with E-state index >= 15 is 0 Å². The Kier molecular flexibility index (Phi) is 5.60. The number of hydrogen-bond donors (Lipinski definition) is 1. The zero-order valence-corrected chi connectivity index (χ0v) is 17.6. The molecule has 3 rings (SSSR count). The van der Waals surface area contributed by atoms with Crippen molar-refractivity contribution in [3.63, 3.8) is 0 Å². The summed E-state index contributed by atoms with van der Waals surface area (Å²) in [6.45, 7) is 10.2. The lowest BCUT2D eigenvalue weighted by Gasteiger charge is -2.55. The highest BCUT2D eigenvalue weighted by atomic mass is 32.2. The first-order chi connectivity index (χ1) is 12.3. The van der Waals surface area contributed by atoms with Crippen molar-refractivity contribution in [1.29, 1.82) is 0 Å². The molecule has 2 saturated carbocycles. The summed E-state index contributed by atoms with van der Waals surface area (Å²) >= 11 is 0. The molecule has 2 aliphatic carbocycles. The Balaban J connectivity index is 1.73. The van der Waals surface area contributed by atoms with Crippen LogP contribution < -0.4 is 5.32 Å². The van der Waals surface area contributed by atoms with Gasteiger partial charge in [-0.15, -0.1) is 0 Å². The number of ether oxygens (including phenoxy) is 1. The minimum Gasteiger partial charge on any atom is -0.378 e. The molecule has 6 nitrogen and oxygen atoms in total. The molecule has 7 heteroatoms. The molecule has 0 amide bonds. The van der Waals surface area contributed by atoms with E-state index in [1.807, 2.05) is 20.8 Å². The first-order valence-corrected chi connectivity index (χ1v) is 11.8. The monoisotopic (exact) mass is 385 g/mol. The normalized spacial score (nSPS) is 32.5. The van der Waals surface area contributed by atoms with E-state index in [2.05, 4.69) is 17.1 Å². The van der Waals surface area contributed by atoms with E-state index in [4.69, 9.17) is 9.73 Å². The summed E-state index contributed by atoms with van der Waals surface area (Å²) < 4.78 is 30.0. The maximum Gasteiger partial charge on any atom is 0.194 e. The van der Waals surface area contributed by atoms with Crippen molar-refractivity contribution in [1.82, 2.24) is 10.2 Å². The van der Waals surface area contributed by atoms with E-state index in [9.17, 15) is 8.42 Å². The molecule has 2 atom stereocenters. The number of sulfone groups is 1. The summed E-state index contributed by atoms with van der Waals surface area (Å²) in [6, 6.07) is 0.383. The molecular weight excluding hydrogens is 350 g/mol. The maximum atomic E-state index is 12.3. The average molecular weight is 386 g/mol. The van der Waals surface area contributed by atoms with Crippen molar-refractivity contribution >= 4 is 15.8 Å². The summed E-state index contributed by atoms with van der Waals surface area (Å²) in [7, 11) is -3.05. The molecule has 0 aromatic heterocycles. The zero-order valence-electron chi connectivity index (χ0n) is 16.8. The third kappa shape index (κ3) is 3.37. The van der Waals surface area contributed by atoms with Gasteiger partial charge in [0.2, 0.25) is 0 Å². The minimum absolute atomic E-state index is 0.196. The van der Waals surface area contributed by atoms with Gasteiger partial charge in [0.1, 0.15) is 0 Å². The van der Waals surface area contributed by atoms with Crippen LogP contribution in [0.1, 0.15) is 59.8 Å². The molecular formula is C19H35N3O3S. The van der Waals surface area contributed by atoms with Crippen LogP contribution in [-0.4, -0.2) is 68.2 Å². The number of aliphatic imine (C=N–C) groups is 1. The molecule has 1 aliphatic heterocycles. The predicted molar refractivity (Wildman–Crippen MR) is 105 cm³/mol. The second kappa shape index (κ2) is 7.30. The standard InChI is InChI=1S/C19H35N3O3S/c1-5-20-17(22-11-12-26(23,24)18(3,4)14-22)21-15-13-16(25-6-2)19(15)9-7-8-10-19/h15-16H,5-14H2,1-4H3,(H,20,21). The Labute approximate surface area is 158 Å². The first kappa shape index (κ1) is 19.9. The highest BCUT2D eigenvalue weighted by Crippen LogP contribution is 2.54. The summed E-state index contributed by atoms with van der Waals surface area (Å²) in [5.41, 5.74) is 0.238. The summed E-state index contributed by atoms with van der Waals surface area (Å²) in [4.78, 5) is 6.84. The Morgan fingerprint density at radius 3 is 2.54 bits per heavy atom. The van der Waals surface area contributed by atoms with Crippen LogP contribution in [0.4, 0.5) is 0 Å². The van der Waals surface area contributed by atoms with Crippen LogP contribution in [0, 0.1) is 5.41 Å². The van der Waals surface area contributed by atoms with Gasteiger partial charge in [-0.2, -0.15) is 0 Å². The molecule has 26 heavy (non-hydrogen) atoms. The summed E-state index contributed by atoms with van der Waals surface area (Å²) in [5, 5.41) is 3.71. The molecule has 3 fully saturated rings. The lowest BCUT2D eigenvalue weighted by molar-refractivity contribution is -0.126. The largest absolute Gasteiger partial charge is 0.378 e. The number of rotatable bonds is 4. The summed E-state index contributed by atoms with van der Waals surface area (Å²) in [6.07, 6.45) is 6.36. The van der Waals surface area contributed by atoms with Gasteiger partial charge in [0.15, 0.2) is 15.8 Å². The van der Waals surface area contributed by atoms with Gasteiger partial charge in [-0.1, -0.05) is 12.8 Å². The summed E-state index contributed by atoms with van der Waals surface area (Å²) in [5.74, 6) is 1.07. The van der Waals surface area contributed by atoms with Gasteiger partial charge in [-0.25, -0.2) is 8.42 Å². The van der Waals surface area contributed by atoms with Crippen molar-refractivity contribution in [3.8, 4) is 0 Å². The van der Waals surface area contributed by atoms with E-state index in [1.54, 1.807) is 0 Å². The molecule has 0 aromatic rings. The number of nitrogens with one attached hydrogen (secondary N) is 1. The van der Waals surface area contributed by atoms with Crippen molar-refractivity contribution in [2.75, 3.05) is 32.0 Å². The molecule has 150 valence electrons. The topological polar surface area (TPSA) is 71.0 Å². The van der Waals surface area contributed by atoms with Gasteiger partial charge in [0, 0.05) is 37.7 Å². The predicted octanol–water partition coefficient (Wildman–Crippen LogP) is 2.20. The van der Waals surface area contributed by atoms with Crippen LogP contribution in [0.3, 0.4) is 0 Å². The average Bonchev–Trinajstić information content (AvgIpc) is 3.08. The highest BCUT2D eigenvalue weighted by molar-refractivity contribution is 7.92. The van der Waals surface area contributed by atoms with Crippen LogP contribution in [-0.2, 0) is 14.6 Å². The molecule has 1 N–H and O–H groups in total. The fraction of sp³-hybridized carbons (Fsp3) is 0.947. The Morgan fingerprint density at radius 2 is 1.96 bits per heavy atom. The lowest BCUT2D eigenvalue weighted by atomic mass is 9.60. The van der Waals surface area contributed by atoms with Crippen molar-refractivity contribution < 1.29 is 13.2 Å². The number of hydrogen-bond acceptors (Lipinski definition) is 4. The van der Waals surface area contributed by atoms with Crippen LogP contribution in [0.2, 0.25) is 0 Å². The molecule has 3 aliphatic rings. The molecule has 2 unspecified atom stereocenters. The third-order valence-electron chi connectivity index (χ3n) is 6.64. The van der Waals surface area contributed by atoms with Crippen molar-refractivity contribution in [2.24, 2.45) is 10.4 Å². The molecule has 1 spiro atoms. The number of nitrogens with zero attached hydrogens (tertiary/aromatic N) is 2. The van der Waals surface area contributed by atoms with Crippen molar-refractivity contribution in [2.45, 2.75) is 76.7 Å². The van der Waals surface area contributed by atoms with E-state index < -0.39 is 14.6 Å². The van der Waals surface area contributed by atoms with Gasteiger partial charge in [-0.05, 0) is 47.0 Å². The van der Waals surface area contributed by atoms with E-state index in [1.165, 1.54) is 25.7 Å². The quantitative estimate of drug-likeness (QED) is 0.593. The molecule has 1 heterocycles. The van der Waals surface area contributed by atoms with E-state index in [0.717, 1.165) is 19.0 Å². The highest BCUT2D eigenvalue weighted by Gasteiger charge is 2.57. The second-order valence-electron chi connectivity index (χ2n) is 8.61. The third-order valence-corrected chi connectivity index (χ3v) is 9.17. The fourth-order valence-corrected chi connectivity index (χ4v) is 6.32. The minimum atomic E-state index is -3.05. The van der Waals surface area contributed by atoms with Crippen LogP contribution in [0.15, 0.2) is 4.99 Å². The second-order valence-corrected chi connectivity index (χ2v) is 11.4. The molecule has 0 radical (unpaired) electrons. The van der Waals surface area contributed by atoms with Crippen LogP contribution in [0.5, 0.6) is 0 Å². The SMILES string of the molecule is CCN=C(NC1CC(OCC)C12CCCC2)N1CCS(=O)(=O)C(C)(C)C1. The van der Waals surface area contributed by atoms with Crippen LogP contribution >= 0.6 is 0 Å². The lowest BCUT2D eigenvalue weighted by Crippen LogP contribution is -2.67.